The van der Waals surface area contributed by atoms with Crippen molar-refractivity contribution in [2.24, 2.45) is 10.9 Å². The van der Waals surface area contributed by atoms with Crippen molar-refractivity contribution in [1.82, 2.24) is 20.5 Å². The molecule has 0 radical (unpaired) electrons. The minimum atomic E-state index is 0. The molecule has 3 fully saturated rings. The summed E-state index contributed by atoms with van der Waals surface area (Å²) in [7, 11) is 1.80. The van der Waals surface area contributed by atoms with E-state index in [9.17, 15) is 4.79 Å². The van der Waals surface area contributed by atoms with E-state index in [2.05, 4.69) is 42.5 Å². The molecule has 1 aliphatic carbocycles. The molecule has 1 aromatic rings. The maximum atomic E-state index is 12.8. The first-order valence-corrected chi connectivity index (χ1v) is 11.7. The average Bonchev–Trinajstić information content (AvgIpc) is 3.49. The fraction of sp³-hybridized carbons (Fsp3) is 0.696. The predicted octanol–water partition coefficient (Wildman–Crippen LogP) is 3.15. The fourth-order valence-electron chi connectivity index (χ4n) is 4.91. The SMILES string of the molecule is CN=C(NCc1ccc(N2CCCC2)nc1)NC1CCN(C(=O)C2CCCCC2)C1.I. The summed E-state index contributed by atoms with van der Waals surface area (Å²) >= 11 is 0. The van der Waals surface area contributed by atoms with Gasteiger partial charge in [0.05, 0.1) is 0 Å². The molecule has 2 N–H and O–H groups in total. The Hall–Kier alpha value is -1.58. The molecular weight excluding hydrogens is 503 g/mol. The summed E-state index contributed by atoms with van der Waals surface area (Å²) in [4.78, 5) is 26.2. The average molecular weight is 540 g/mol. The second kappa shape index (κ2) is 11.9. The first-order chi connectivity index (χ1) is 14.7. The monoisotopic (exact) mass is 540 g/mol. The second-order valence-corrected chi connectivity index (χ2v) is 8.89. The molecule has 1 unspecified atom stereocenters. The lowest BCUT2D eigenvalue weighted by Gasteiger charge is -2.26. The number of guanidine groups is 1. The number of amides is 1. The number of carbonyl (C=O) groups is 1. The van der Waals surface area contributed by atoms with Crippen molar-refractivity contribution in [2.45, 2.75) is 64.0 Å². The van der Waals surface area contributed by atoms with Crippen LogP contribution < -0.4 is 15.5 Å². The van der Waals surface area contributed by atoms with E-state index in [0.717, 1.165) is 62.8 Å². The molecule has 2 saturated heterocycles. The molecule has 1 saturated carbocycles. The number of rotatable bonds is 5. The zero-order valence-corrected chi connectivity index (χ0v) is 21.0. The lowest BCUT2D eigenvalue weighted by molar-refractivity contribution is -0.135. The summed E-state index contributed by atoms with van der Waals surface area (Å²) in [5, 5.41) is 6.89. The number of anilines is 1. The molecule has 172 valence electrons. The van der Waals surface area contributed by atoms with Crippen molar-refractivity contribution < 1.29 is 4.79 Å². The van der Waals surface area contributed by atoms with Gasteiger partial charge in [-0.15, -0.1) is 24.0 Å². The Morgan fingerprint density at radius 2 is 1.87 bits per heavy atom. The van der Waals surface area contributed by atoms with Gasteiger partial charge in [0.15, 0.2) is 5.96 Å². The van der Waals surface area contributed by atoms with E-state index in [1.807, 2.05) is 6.20 Å². The van der Waals surface area contributed by atoms with Crippen LogP contribution in [0.1, 0.15) is 56.9 Å². The molecule has 1 amide bonds. The van der Waals surface area contributed by atoms with E-state index in [1.54, 1.807) is 7.05 Å². The molecule has 4 rings (SSSR count). The Kier molecular flexibility index (Phi) is 9.22. The summed E-state index contributed by atoms with van der Waals surface area (Å²) in [5.74, 6) is 2.49. The highest BCUT2D eigenvalue weighted by Gasteiger charge is 2.31. The van der Waals surface area contributed by atoms with Crippen molar-refractivity contribution in [1.29, 1.82) is 0 Å². The van der Waals surface area contributed by atoms with Gasteiger partial charge in [0.25, 0.3) is 0 Å². The van der Waals surface area contributed by atoms with E-state index in [-0.39, 0.29) is 35.9 Å². The zero-order valence-electron chi connectivity index (χ0n) is 18.7. The molecule has 2 aliphatic heterocycles. The third-order valence-electron chi connectivity index (χ3n) is 6.72. The van der Waals surface area contributed by atoms with Gasteiger partial charge in [-0.1, -0.05) is 25.3 Å². The highest BCUT2D eigenvalue weighted by Crippen LogP contribution is 2.26. The highest BCUT2D eigenvalue weighted by molar-refractivity contribution is 14.0. The number of nitrogens with one attached hydrogen (secondary N) is 2. The predicted molar refractivity (Wildman–Crippen MR) is 136 cm³/mol. The summed E-state index contributed by atoms with van der Waals surface area (Å²) in [6.45, 7) is 4.55. The third-order valence-corrected chi connectivity index (χ3v) is 6.72. The van der Waals surface area contributed by atoms with Gasteiger partial charge in [0.1, 0.15) is 5.82 Å². The first-order valence-electron chi connectivity index (χ1n) is 11.7. The number of likely N-dealkylation sites (tertiary alicyclic amines) is 1. The Balaban J connectivity index is 0.00000272. The van der Waals surface area contributed by atoms with Crippen LogP contribution in [0.2, 0.25) is 0 Å². The smallest absolute Gasteiger partial charge is 0.225 e. The largest absolute Gasteiger partial charge is 0.357 e. The number of hydrogen-bond acceptors (Lipinski definition) is 4. The number of halogens is 1. The van der Waals surface area contributed by atoms with Crippen LogP contribution in [0.25, 0.3) is 0 Å². The molecule has 3 heterocycles. The lowest BCUT2D eigenvalue weighted by atomic mass is 9.88. The third kappa shape index (κ3) is 6.46. The molecule has 0 bridgehead atoms. The molecule has 3 aliphatic rings. The standard InChI is InChI=1S/C23H36N6O.HI/c1-24-23(26-16-18-9-10-21(25-15-18)28-12-5-6-13-28)27-20-11-14-29(17-20)22(30)19-7-3-2-4-8-19;/h9-10,15,19-20H,2-8,11-14,16-17H2,1H3,(H2,24,26,27);1H. The van der Waals surface area contributed by atoms with Gasteiger partial charge in [-0.25, -0.2) is 4.98 Å². The van der Waals surface area contributed by atoms with Gasteiger partial charge in [0.2, 0.25) is 5.91 Å². The van der Waals surface area contributed by atoms with E-state index in [1.165, 1.54) is 32.1 Å². The Bertz CT molecular complexity index is 728. The van der Waals surface area contributed by atoms with Gasteiger partial charge in [0, 0.05) is 57.9 Å². The maximum Gasteiger partial charge on any atom is 0.225 e. The molecule has 8 heteroatoms. The number of aromatic nitrogens is 1. The Morgan fingerprint density at radius 3 is 2.55 bits per heavy atom. The number of carbonyl (C=O) groups excluding carboxylic acids is 1. The number of aliphatic imine (C=N–C) groups is 1. The molecular formula is C23H37IN6O. The van der Waals surface area contributed by atoms with Gasteiger partial charge >= 0.3 is 0 Å². The Labute approximate surface area is 203 Å². The van der Waals surface area contributed by atoms with E-state index < -0.39 is 0 Å². The highest BCUT2D eigenvalue weighted by atomic mass is 127. The van der Waals surface area contributed by atoms with Crippen molar-refractivity contribution in [3.8, 4) is 0 Å². The molecule has 0 spiro atoms. The first kappa shape index (κ1) is 24.1. The molecule has 7 nitrogen and oxygen atoms in total. The van der Waals surface area contributed by atoms with Crippen LogP contribution in [-0.2, 0) is 11.3 Å². The van der Waals surface area contributed by atoms with Crippen LogP contribution in [0.4, 0.5) is 5.82 Å². The second-order valence-electron chi connectivity index (χ2n) is 8.89. The number of nitrogens with zero attached hydrogens (tertiary/aromatic N) is 4. The van der Waals surface area contributed by atoms with Gasteiger partial charge in [-0.05, 0) is 43.7 Å². The van der Waals surface area contributed by atoms with Crippen molar-refractivity contribution in [2.75, 3.05) is 38.1 Å². The maximum absolute atomic E-state index is 12.8. The van der Waals surface area contributed by atoms with Gasteiger partial charge in [-0.2, -0.15) is 0 Å². The van der Waals surface area contributed by atoms with Crippen LogP contribution in [0, 0.1) is 5.92 Å². The number of hydrogen-bond donors (Lipinski definition) is 2. The minimum Gasteiger partial charge on any atom is -0.357 e. The lowest BCUT2D eigenvalue weighted by Crippen LogP contribution is -2.45. The molecule has 1 atom stereocenters. The van der Waals surface area contributed by atoms with Crippen molar-refractivity contribution in [3.63, 3.8) is 0 Å². The summed E-state index contributed by atoms with van der Waals surface area (Å²) in [6, 6.07) is 4.52. The van der Waals surface area contributed by atoms with Crippen LogP contribution in [0.15, 0.2) is 23.3 Å². The van der Waals surface area contributed by atoms with Gasteiger partial charge < -0.3 is 20.4 Å². The molecule has 0 aromatic carbocycles. The normalized spacial score (nSPS) is 22.4. The minimum absolute atomic E-state index is 0. The topological polar surface area (TPSA) is 72.9 Å². The van der Waals surface area contributed by atoms with Crippen LogP contribution in [0.3, 0.4) is 0 Å². The van der Waals surface area contributed by atoms with Crippen molar-refractivity contribution in [3.05, 3.63) is 23.9 Å². The van der Waals surface area contributed by atoms with Crippen LogP contribution in [-0.4, -0.2) is 61.0 Å². The van der Waals surface area contributed by atoms with E-state index in [4.69, 9.17) is 0 Å². The van der Waals surface area contributed by atoms with Crippen LogP contribution in [0.5, 0.6) is 0 Å². The summed E-state index contributed by atoms with van der Waals surface area (Å²) < 4.78 is 0. The van der Waals surface area contributed by atoms with E-state index >= 15 is 0 Å². The van der Waals surface area contributed by atoms with Crippen molar-refractivity contribution >= 4 is 41.7 Å². The quantitative estimate of drug-likeness (QED) is 0.341. The summed E-state index contributed by atoms with van der Waals surface area (Å²) in [5.41, 5.74) is 1.14. The van der Waals surface area contributed by atoms with Crippen LogP contribution >= 0.6 is 24.0 Å². The number of pyridine rings is 1. The fourth-order valence-corrected chi connectivity index (χ4v) is 4.91. The van der Waals surface area contributed by atoms with Gasteiger partial charge in [-0.3, -0.25) is 9.79 Å². The molecule has 1 aromatic heterocycles. The van der Waals surface area contributed by atoms with E-state index in [0.29, 0.717) is 12.5 Å². The summed E-state index contributed by atoms with van der Waals surface area (Å²) in [6.07, 6.45) is 11.3. The zero-order chi connectivity index (χ0) is 20.8. The molecule has 31 heavy (non-hydrogen) atoms. The Morgan fingerprint density at radius 1 is 1.10 bits per heavy atom.